The molecule has 0 fully saturated rings. The van der Waals surface area contributed by atoms with Crippen LogP contribution in [0.2, 0.25) is 0 Å². The highest BCUT2D eigenvalue weighted by molar-refractivity contribution is 6.00. The van der Waals surface area contributed by atoms with Gasteiger partial charge in [-0.3, -0.25) is 4.79 Å². The number of likely N-dealkylation sites (N-methyl/N-ethyl adjacent to an activating group) is 1. The van der Waals surface area contributed by atoms with Crippen molar-refractivity contribution in [2.45, 2.75) is 19.3 Å². The summed E-state index contributed by atoms with van der Waals surface area (Å²) in [6.07, 6.45) is 2.89. The van der Waals surface area contributed by atoms with E-state index in [9.17, 15) is 14.9 Å². The van der Waals surface area contributed by atoms with Crippen molar-refractivity contribution < 1.29 is 23.8 Å². The lowest BCUT2D eigenvalue weighted by atomic mass is 9.83. The summed E-state index contributed by atoms with van der Waals surface area (Å²) >= 11 is 0. The minimum absolute atomic E-state index is 0.129. The van der Waals surface area contributed by atoms with Gasteiger partial charge in [-0.1, -0.05) is 38.1 Å². The van der Waals surface area contributed by atoms with E-state index < -0.39 is 12.6 Å². The van der Waals surface area contributed by atoms with Gasteiger partial charge in [0.2, 0.25) is 6.79 Å². The van der Waals surface area contributed by atoms with Gasteiger partial charge in [0.25, 0.3) is 0 Å². The summed E-state index contributed by atoms with van der Waals surface area (Å²) in [6.45, 7) is 3.76. The van der Waals surface area contributed by atoms with Gasteiger partial charge in [-0.05, 0) is 35.4 Å². The average Bonchev–Trinajstić information content (AvgIpc) is 3.33. The van der Waals surface area contributed by atoms with Gasteiger partial charge in [-0.2, -0.15) is 5.26 Å². The summed E-state index contributed by atoms with van der Waals surface area (Å²) in [5, 5.41) is 9.37. The second kappa shape index (κ2) is 8.23. The van der Waals surface area contributed by atoms with Crippen molar-refractivity contribution in [1.82, 2.24) is 0 Å². The van der Waals surface area contributed by atoms with Crippen LogP contribution in [-0.2, 0) is 19.7 Å². The molecule has 0 bridgehead atoms. The third-order valence-corrected chi connectivity index (χ3v) is 5.63. The van der Waals surface area contributed by atoms with Crippen LogP contribution in [0, 0.1) is 11.3 Å². The van der Waals surface area contributed by atoms with Gasteiger partial charge in [0.05, 0.1) is 0 Å². The summed E-state index contributed by atoms with van der Waals surface area (Å²) in [5.74, 6) is -0.0833. The molecule has 2 aromatic rings. The number of esters is 1. The first-order valence-corrected chi connectivity index (χ1v) is 10.1. The SMILES string of the molecule is CN1/C(=C\C(=O)COC(=O)/C(C#N)=C\c2ccc3c(c2)OCO3)C(C)(C)c2ccccc21. The molecule has 0 saturated carbocycles. The molecule has 7 heteroatoms. The Hall–Kier alpha value is -4.05. The Morgan fingerprint density at radius 3 is 2.69 bits per heavy atom. The monoisotopic (exact) mass is 430 g/mol. The number of ketones is 1. The van der Waals surface area contributed by atoms with Crippen LogP contribution in [0.4, 0.5) is 5.69 Å². The second-order valence-electron chi connectivity index (χ2n) is 8.06. The number of allylic oxidation sites excluding steroid dienone is 1. The van der Waals surface area contributed by atoms with Crippen molar-refractivity contribution in [2.75, 3.05) is 25.3 Å². The van der Waals surface area contributed by atoms with Gasteiger partial charge in [-0.25, -0.2) is 4.79 Å². The molecule has 0 spiro atoms. The van der Waals surface area contributed by atoms with Crippen molar-refractivity contribution in [1.29, 1.82) is 5.26 Å². The van der Waals surface area contributed by atoms with E-state index >= 15 is 0 Å². The van der Waals surface area contributed by atoms with Gasteiger partial charge in [-0.15, -0.1) is 0 Å². The van der Waals surface area contributed by atoms with Crippen LogP contribution in [-0.4, -0.2) is 32.2 Å². The Labute approximate surface area is 186 Å². The molecule has 0 aliphatic carbocycles. The van der Waals surface area contributed by atoms with Crippen molar-refractivity contribution >= 4 is 23.5 Å². The number of nitrogens with zero attached hydrogens (tertiary/aromatic N) is 2. The number of fused-ring (bicyclic) bond motifs is 2. The predicted octanol–water partition coefficient (Wildman–Crippen LogP) is 3.75. The number of anilines is 1. The number of ether oxygens (including phenoxy) is 3. The Morgan fingerprint density at radius 1 is 1.19 bits per heavy atom. The lowest BCUT2D eigenvalue weighted by Crippen LogP contribution is -2.25. The smallest absolute Gasteiger partial charge is 0.349 e. The fraction of sp³-hybridized carbons (Fsp3) is 0.240. The summed E-state index contributed by atoms with van der Waals surface area (Å²) < 4.78 is 15.7. The number of benzene rings is 2. The molecule has 0 unspecified atom stereocenters. The molecule has 4 rings (SSSR count). The Balaban J connectivity index is 1.44. The van der Waals surface area contributed by atoms with E-state index in [1.807, 2.05) is 56.1 Å². The zero-order valence-corrected chi connectivity index (χ0v) is 18.0. The minimum Gasteiger partial charge on any atom is -0.454 e. The average molecular weight is 430 g/mol. The summed E-state index contributed by atoms with van der Waals surface area (Å²) in [5.41, 5.74) is 2.99. The number of hydrogen-bond acceptors (Lipinski definition) is 7. The summed E-state index contributed by atoms with van der Waals surface area (Å²) in [7, 11) is 1.90. The lowest BCUT2D eigenvalue weighted by Gasteiger charge is -2.23. The lowest BCUT2D eigenvalue weighted by molar-refractivity contribution is -0.142. The fourth-order valence-electron chi connectivity index (χ4n) is 3.97. The maximum Gasteiger partial charge on any atom is 0.349 e. The second-order valence-corrected chi connectivity index (χ2v) is 8.06. The van der Waals surface area contributed by atoms with Crippen molar-refractivity contribution in [3.8, 4) is 17.6 Å². The molecule has 32 heavy (non-hydrogen) atoms. The summed E-state index contributed by atoms with van der Waals surface area (Å²) in [6, 6.07) is 14.8. The first-order chi connectivity index (χ1) is 15.3. The molecule has 0 amide bonds. The van der Waals surface area contributed by atoms with E-state index in [2.05, 4.69) is 0 Å². The van der Waals surface area contributed by atoms with E-state index in [4.69, 9.17) is 14.2 Å². The van der Waals surface area contributed by atoms with Crippen molar-refractivity contribution in [2.24, 2.45) is 0 Å². The molecule has 7 nitrogen and oxygen atoms in total. The zero-order valence-electron chi connectivity index (χ0n) is 18.0. The molecule has 0 N–H and O–H groups in total. The molecule has 162 valence electrons. The largest absolute Gasteiger partial charge is 0.454 e. The van der Waals surface area contributed by atoms with E-state index in [-0.39, 0.29) is 23.6 Å². The van der Waals surface area contributed by atoms with Gasteiger partial charge in [0.1, 0.15) is 11.6 Å². The molecular weight excluding hydrogens is 408 g/mol. The minimum atomic E-state index is -0.862. The highest BCUT2D eigenvalue weighted by atomic mass is 16.7. The molecule has 2 aliphatic heterocycles. The molecule has 2 heterocycles. The number of nitriles is 1. The van der Waals surface area contributed by atoms with Gasteiger partial charge in [0.15, 0.2) is 23.9 Å². The number of hydrogen-bond donors (Lipinski definition) is 0. The van der Waals surface area contributed by atoms with E-state index in [1.54, 1.807) is 18.2 Å². The molecule has 2 aromatic carbocycles. The van der Waals surface area contributed by atoms with Crippen LogP contribution < -0.4 is 14.4 Å². The molecular formula is C25H22N2O5. The third-order valence-electron chi connectivity index (χ3n) is 5.63. The Kier molecular flexibility index (Phi) is 5.45. The molecule has 0 aromatic heterocycles. The van der Waals surface area contributed by atoms with E-state index in [0.717, 1.165) is 16.9 Å². The number of carbonyl (C=O) groups excluding carboxylic acids is 2. The van der Waals surface area contributed by atoms with Crippen LogP contribution in [0.5, 0.6) is 11.5 Å². The quantitative estimate of drug-likeness (QED) is 0.405. The van der Waals surface area contributed by atoms with Crippen LogP contribution >= 0.6 is 0 Å². The molecule has 0 radical (unpaired) electrons. The first-order valence-electron chi connectivity index (χ1n) is 10.1. The molecule has 0 atom stereocenters. The Bertz CT molecular complexity index is 1200. The topological polar surface area (TPSA) is 88.9 Å². The maximum absolute atomic E-state index is 12.6. The van der Waals surface area contributed by atoms with E-state index in [1.165, 1.54) is 12.2 Å². The van der Waals surface area contributed by atoms with Gasteiger partial charge < -0.3 is 19.1 Å². The molecule has 2 aliphatic rings. The van der Waals surface area contributed by atoms with Crippen molar-refractivity contribution in [3.63, 3.8) is 0 Å². The highest BCUT2D eigenvalue weighted by Crippen LogP contribution is 2.46. The zero-order chi connectivity index (χ0) is 22.9. The highest BCUT2D eigenvalue weighted by Gasteiger charge is 2.38. The number of carbonyl (C=O) groups is 2. The Morgan fingerprint density at radius 2 is 1.94 bits per heavy atom. The molecule has 0 saturated heterocycles. The maximum atomic E-state index is 12.6. The van der Waals surface area contributed by atoms with Gasteiger partial charge in [0, 0.05) is 29.9 Å². The number of para-hydroxylation sites is 1. The predicted molar refractivity (Wildman–Crippen MR) is 118 cm³/mol. The third kappa shape index (κ3) is 3.83. The fourth-order valence-corrected chi connectivity index (χ4v) is 3.97. The van der Waals surface area contributed by atoms with Crippen molar-refractivity contribution in [3.05, 3.63) is 70.9 Å². The van der Waals surface area contributed by atoms with Crippen LogP contribution in [0.3, 0.4) is 0 Å². The standard InChI is InChI=1S/C25H22N2O5/c1-25(2)19-6-4-5-7-20(19)27(3)23(25)12-18(28)14-30-24(29)17(13-26)10-16-8-9-21-22(11-16)32-15-31-21/h4-12H,14-15H2,1-3H3/b17-10-,23-12-. The van der Waals surface area contributed by atoms with Crippen LogP contribution in [0.15, 0.2) is 59.8 Å². The van der Waals surface area contributed by atoms with Crippen LogP contribution in [0.25, 0.3) is 6.08 Å². The van der Waals surface area contributed by atoms with Gasteiger partial charge >= 0.3 is 5.97 Å². The first kappa shape index (κ1) is 21.2. The number of rotatable bonds is 5. The summed E-state index contributed by atoms with van der Waals surface area (Å²) in [4.78, 5) is 26.9. The van der Waals surface area contributed by atoms with Crippen LogP contribution in [0.1, 0.15) is 25.0 Å². The van der Waals surface area contributed by atoms with E-state index in [0.29, 0.717) is 17.1 Å². The normalized spacial score (nSPS) is 17.1.